The molecule has 0 atom stereocenters. The van der Waals surface area contributed by atoms with Crippen molar-refractivity contribution < 1.29 is 28.9 Å². The molecule has 0 saturated carbocycles. The number of anilines is 1. The summed E-state index contributed by atoms with van der Waals surface area (Å²) in [6.45, 7) is 3.81. The summed E-state index contributed by atoms with van der Waals surface area (Å²) >= 11 is 0. The predicted molar refractivity (Wildman–Crippen MR) is 104 cm³/mol. The number of methoxy groups -OCH3 is 2. The molecule has 28 heavy (non-hydrogen) atoms. The first kappa shape index (κ1) is 19.3. The van der Waals surface area contributed by atoms with E-state index in [-0.39, 0.29) is 17.4 Å². The third kappa shape index (κ3) is 3.51. The van der Waals surface area contributed by atoms with Gasteiger partial charge in [-0.2, -0.15) is 0 Å². The van der Waals surface area contributed by atoms with Crippen LogP contribution in [-0.4, -0.2) is 37.2 Å². The van der Waals surface area contributed by atoms with Crippen LogP contribution in [0.15, 0.2) is 48.2 Å². The van der Waals surface area contributed by atoms with E-state index in [2.05, 4.69) is 0 Å². The lowest BCUT2D eigenvalue weighted by molar-refractivity contribution is -0.121. The van der Waals surface area contributed by atoms with E-state index in [9.17, 15) is 14.7 Å². The molecule has 1 aliphatic rings. The van der Waals surface area contributed by atoms with Gasteiger partial charge in [-0.15, -0.1) is 0 Å². The Balaban J connectivity index is 1.96. The van der Waals surface area contributed by atoms with Crippen LogP contribution in [-0.2, 0) is 9.59 Å². The molecule has 0 fully saturated rings. The second kappa shape index (κ2) is 7.64. The number of ether oxygens (including phenoxy) is 3. The van der Waals surface area contributed by atoms with Gasteiger partial charge in [0.25, 0.3) is 5.91 Å². The summed E-state index contributed by atoms with van der Waals surface area (Å²) in [5.74, 6) is -0.585. The van der Waals surface area contributed by atoms with Crippen LogP contribution in [0.3, 0.4) is 0 Å². The molecule has 0 aromatic heterocycles. The largest absolute Gasteiger partial charge is 0.502 e. The summed E-state index contributed by atoms with van der Waals surface area (Å²) < 4.78 is 16.0. The topological polar surface area (TPSA) is 85.3 Å². The molecule has 1 heterocycles. The highest BCUT2D eigenvalue weighted by Gasteiger charge is 2.40. The summed E-state index contributed by atoms with van der Waals surface area (Å²) in [6.07, 6.45) is 0.00620. The average molecular weight is 383 g/mol. The van der Waals surface area contributed by atoms with Gasteiger partial charge in [0.2, 0.25) is 0 Å². The Morgan fingerprint density at radius 2 is 1.43 bits per heavy atom. The van der Waals surface area contributed by atoms with E-state index in [1.807, 2.05) is 13.8 Å². The van der Waals surface area contributed by atoms with Crippen LogP contribution in [0, 0.1) is 0 Å². The van der Waals surface area contributed by atoms with Crippen LogP contribution in [0.5, 0.6) is 17.2 Å². The number of hydrogen-bond acceptors (Lipinski definition) is 6. The zero-order valence-corrected chi connectivity index (χ0v) is 16.1. The molecule has 2 amide bonds. The van der Waals surface area contributed by atoms with E-state index < -0.39 is 17.6 Å². The summed E-state index contributed by atoms with van der Waals surface area (Å²) in [4.78, 5) is 26.5. The predicted octanol–water partition coefficient (Wildman–Crippen LogP) is 3.33. The van der Waals surface area contributed by atoms with Crippen molar-refractivity contribution in [1.29, 1.82) is 0 Å². The molecule has 0 saturated heterocycles. The molecule has 0 bridgehead atoms. The summed E-state index contributed by atoms with van der Waals surface area (Å²) in [7, 11) is 2.93. The van der Waals surface area contributed by atoms with E-state index in [0.717, 1.165) is 4.90 Å². The van der Waals surface area contributed by atoms with E-state index in [1.54, 1.807) is 30.3 Å². The van der Waals surface area contributed by atoms with Crippen LogP contribution < -0.4 is 19.1 Å². The molecule has 2 aromatic rings. The molecule has 3 rings (SSSR count). The zero-order chi connectivity index (χ0) is 20.4. The monoisotopic (exact) mass is 383 g/mol. The average Bonchev–Trinajstić information content (AvgIpc) is 2.90. The molecular weight excluding hydrogens is 362 g/mol. The normalized spacial score (nSPS) is 14.1. The Morgan fingerprint density at radius 1 is 0.857 bits per heavy atom. The zero-order valence-electron chi connectivity index (χ0n) is 16.1. The van der Waals surface area contributed by atoms with Gasteiger partial charge in [0.1, 0.15) is 17.2 Å². The highest BCUT2D eigenvalue weighted by Crippen LogP contribution is 2.36. The van der Waals surface area contributed by atoms with Crippen molar-refractivity contribution in [3.63, 3.8) is 0 Å². The van der Waals surface area contributed by atoms with Crippen molar-refractivity contribution in [3.8, 4) is 17.2 Å². The highest BCUT2D eigenvalue weighted by molar-refractivity contribution is 6.44. The van der Waals surface area contributed by atoms with Crippen molar-refractivity contribution in [2.45, 2.75) is 20.0 Å². The van der Waals surface area contributed by atoms with E-state index in [4.69, 9.17) is 14.2 Å². The first-order valence-electron chi connectivity index (χ1n) is 8.68. The number of carbonyl (C=O) groups is 2. The third-order valence-electron chi connectivity index (χ3n) is 4.17. The number of benzene rings is 2. The minimum Gasteiger partial charge on any atom is -0.502 e. The van der Waals surface area contributed by atoms with Crippen molar-refractivity contribution in [1.82, 2.24) is 0 Å². The fourth-order valence-electron chi connectivity index (χ4n) is 2.91. The number of rotatable bonds is 6. The molecular formula is C21H21NO6. The summed E-state index contributed by atoms with van der Waals surface area (Å²) in [5.41, 5.74) is 0.597. The maximum atomic E-state index is 13.0. The van der Waals surface area contributed by atoms with E-state index in [0.29, 0.717) is 22.8 Å². The molecule has 0 radical (unpaired) electrons. The maximum absolute atomic E-state index is 13.0. The van der Waals surface area contributed by atoms with Crippen LogP contribution in [0.2, 0.25) is 0 Å². The molecule has 7 heteroatoms. The Labute approximate surface area is 162 Å². The fraction of sp³-hybridized carbons (Fsp3) is 0.238. The van der Waals surface area contributed by atoms with Crippen molar-refractivity contribution in [3.05, 3.63) is 53.8 Å². The first-order valence-corrected chi connectivity index (χ1v) is 8.68. The fourth-order valence-corrected chi connectivity index (χ4v) is 2.91. The van der Waals surface area contributed by atoms with Gasteiger partial charge in [-0.05, 0) is 31.5 Å². The van der Waals surface area contributed by atoms with Crippen molar-refractivity contribution >= 4 is 23.1 Å². The summed E-state index contributed by atoms with van der Waals surface area (Å²) in [5, 5.41) is 10.4. The molecule has 0 unspecified atom stereocenters. The lowest BCUT2D eigenvalue weighted by Gasteiger charge is -2.17. The van der Waals surface area contributed by atoms with Gasteiger partial charge in [-0.1, -0.05) is 12.1 Å². The molecule has 2 aromatic carbocycles. The van der Waals surface area contributed by atoms with Crippen LogP contribution in [0.25, 0.3) is 5.57 Å². The van der Waals surface area contributed by atoms with Gasteiger partial charge in [0.05, 0.1) is 31.6 Å². The molecule has 7 nitrogen and oxygen atoms in total. The molecule has 0 spiro atoms. The van der Waals surface area contributed by atoms with Gasteiger partial charge in [-0.25, -0.2) is 4.90 Å². The minimum atomic E-state index is -0.808. The van der Waals surface area contributed by atoms with Gasteiger partial charge >= 0.3 is 5.91 Å². The van der Waals surface area contributed by atoms with Crippen molar-refractivity contribution in [2.75, 3.05) is 19.1 Å². The summed E-state index contributed by atoms with van der Waals surface area (Å²) in [6, 6.07) is 11.3. The second-order valence-electron chi connectivity index (χ2n) is 6.43. The first-order chi connectivity index (χ1) is 13.3. The quantitative estimate of drug-likeness (QED) is 0.770. The lowest BCUT2D eigenvalue weighted by Crippen LogP contribution is -2.31. The molecule has 0 aliphatic carbocycles. The standard InChI is InChI=1S/C21H21NO6/c1-12(2)28-15-7-5-13(6-8-15)18-19(23)21(25)22(20(18)24)14-9-16(26-3)11-17(10-14)27-4/h5-12,23H,1-4H3. The van der Waals surface area contributed by atoms with Gasteiger partial charge < -0.3 is 19.3 Å². The maximum Gasteiger partial charge on any atom is 0.301 e. The van der Waals surface area contributed by atoms with Crippen LogP contribution in [0.1, 0.15) is 19.4 Å². The molecule has 1 N–H and O–H groups in total. The Morgan fingerprint density at radius 3 is 1.93 bits per heavy atom. The third-order valence-corrected chi connectivity index (χ3v) is 4.17. The number of aliphatic hydroxyl groups excluding tert-OH is 1. The van der Waals surface area contributed by atoms with Gasteiger partial charge in [0.15, 0.2) is 5.76 Å². The number of nitrogens with zero attached hydrogens (tertiary/aromatic N) is 1. The number of amides is 2. The lowest BCUT2D eigenvalue weighted by atomic mass is 10.1. The van der Waals surface area contributed by atoms with Gasteiger partial charge in [-0.3, -0.25) is 9.59 Å². The molecule has 146 valence electrons. The highest BCUT2D eigenvalue weighted by atomic mass is 16.5. The number of hydrogen-bond donors (Lipinski definition) is 1. The Bertz CT molecular complexity index is 924. The van der Waals surface area contributed by atoms with Crippen LogP contribution in [0.4, 0.5) is 5.69 Å². The Kier molecular flexibility index (Phi) is 5.26. The number of aliphatic hydroxyl groups is 1. The Hall–Kier alpha value is -3.48. The number of carbonyl (C=O) groups excluding carboxylic acids is 2. The van der Waals surface area contributed by atoms with Crippen LogP contribution >= 0.6 is 0 Å². The smallest absolute Gasteiger partial charge is 0.301 e. The molecule has 1 aliphatic heterocycles. The minimum absolute atomic E-state index is 0.00620. The van der Waals surface area contributed by atoms with Crippen molar-refractivity contribution in [2.24, 2.45) is 0 Å². The van der Waals surface area contributed by atoms with Gasteiger partial charge in [0, 0.05) is 18.2 Å². The SMILES string of the molecule is COc1cc(OC)cc(N2C(=O)C(O)=C(c3ccc(OC(C)C)cc3)C2=O)c1. The van der Waals surface area contributed by atoms with E-state index in [1.165, 1.54) is 26.4 Å². The van der Waals surface area contributed by atoms with E-state index >= 15 is 0 Å². The second-order valence-corrected chi connectivity index (χ2v) is 6.43. The number of imide groups is 1.